The van der Waals surface area contributed by atoms with E-state index in [1.165, 1.54) is 0 Å². The number of carboxylic acids is 1. The van der Waals surface area contributed by atoms with Crippen LogP contribution in [0.25, 0.3) is 0 Å². The van der Waals surface area contributed by atoms with Gasteiger partial charge in [0.2, 0.25) is 0 Å². The van der Waals surface area contributed by atoms with Crippen LogP contribution in [0.15, 0.2) is 0 Å². The Bertz CT molecular complexity index is 102. The molecule has 0 aliphatic rings. The number of hydrogen-bond donors (Lipinski definition) is 1. The normalized spacial score (nSPS) is 9.36. The lowest BCUT2D eigenvalue weighted by atomic mass is 10.1. The summed E-state index contributed by atoms with van der Waals surface area (Å²) in [6, 6.07) is 0. The lowest BCUT2D eigenvalue weighted by Crippen LogP contribution is -1.94. The lowest BCUT2D eigenvalue weighted by Gasteiger charge is -2.01. The van der Waals surface area contributed by atoms with Gasteiger partial charge < -0.3 is 5.11 Å². The third kappa shape index (κ3) is 12.8. The Balaban J connectivity index is 0. The van der Waals surface area contributed by atoms with Crippen molar-refractivity contribution in [2.45, 2.75) is 39.5 Å². The predicted octanol–water partition coefficient (Wildman–Crippen LogP) is 1.91. The molecule has 0 spiro atoms. The summed E-state index contributed by atoms with van der Waals surface area (Å²) in [6.07, 6.45) is 3.34. The Morgan fingerprint density at radius 2 is 1.91 bits per heavy atom. The van der Waals surface area contributed by atoms with Crippen LogP contribution < -0.4 is 0 Å². The largest absolute Gasteiger partial charge is 0.481 e. The van der Waals surface area contributed by atoms with E-state index in [2.05, 4.69) is 13.8 Å². The molecule has 0 saturated heterocycles. The second-order valence-corrected chi connectivity index (χ2v) is 3.03. The van der Waals surface area contributed by atoms with E-state index in [1.807, 2.05) is 0 Å². The number of hydrogen-bond acceptors (Lipinski definition) is 1. The highest BCUT2D eigenvalue weighted by Crippen LogP contribution is 2.07. The quantitative estimate of drug-likeness (QED) is 0.508. The highest BCUT2D eigenvalue weighted by Gasteiger charge is 1.97. The van der Waals surface area contributed by atoms with Crippen molar-refractivity contribution in [3.63, 3.8) is 0 Å². The summed E-state index contributed by atoms with van der Waals surface area (Å²) in [5.74, 6) is 0.0255. The first kappa shape index (κ1) is 13.3. The molecule has 0 unspecified atom stereocenters. The fourth-order valence-corrected chi connectivity index (χ4v) is 0.829. The van der Waals surface area contributed by atoms with Crippen LogP contribution >= 0.6 is 0 Å². The first-order chi connectivity index (χ1) is 4.63. The summed E-state index contributed by atoms with van der Waals surface area (Å²) in [5.41, 5.74) is 0. The Labute approximate surface area is 73.0 Å². The molecule has 0 saturated carbocycles. The third-order valence-corrected chi connectivity index (χ3v) is 1.42. The van der Waals surface area contributed by atoms with Crippen molar-refractivity contribution in [2.24, 2.45) is 5.92 Å². The van der Waals surface area contributed by atoms with Gasteiger partial charge in [-0.3, -0.25) is 4.79 Å². The third-order valence-electron chi connectivity index (χ3n) is 1.42. The first-order valence-electron chi connectivity index (χ1n) is 3.84. The molecule has 2 nitrogen and oxygen atoms in total. The highest BCUT2D eigenvalue weighted by molar-refractivity contribution is 5.75. The van der Waals surface area contributed by atoms with Gasteiger partial charge in [-0.1, -0.05) is 26.7 Å². The molecule has 0 atom stereocenters. The van der Waals surface area contributed by atoms with Gasteiger partial charge in [0.15, 0.2) is 0 Å². The Hall–Kier alpha value is -0.313. The second kappa shape index (κ2) is 7.79. The number of carbonyl (C=O) groups is 1. The fourth-order valence-electron chi connectivity index (χ4n) is 0.829. The number of carboxylic acid groups (broad SMARTS) is 1. The monoisotopic (exact) mass is 172 g/mol. The lowest BCUT2D eigenvalue weighted by molar-refractivity contribution is -0.137. The van der Waals surface area contributed by atoms with Gasteiger partial charge in [0.25, 0.3) is 0 Å². The van der Waals surface area contributed by atoms with E-state index in [0.29, 0.717) is 12.3 Å². The average Bonchev–Trinajstić information content (AvgIpc) is 1.79. The molecule has 0 amide bonds. The fraction of sp³-hybridized carbons (Fsp3) is 0.875. The summed E-state index contributed by atoms with van der Waals surface area (Å²) in [7, 11) is 0. The average molecular weight is 172 g/mol. The van der Waals surface area contributed by atoms with Crippen LogP contribution in [0.1, 0.15) is 39.5 Å². The van der Waals surface area contributed by atoms with Crippen molar-refractivity contribution >= 4 is 16.9 Å². The summed E-state index contributed by atoms with van der Waals surface area (Å²) in [6.45, 7) is 4.31. The molecular formula is C8H16O2Si. The van der Waals surface area contributed by atoms with Gasteiger partial charge in [0, 0.05) is 17.4 Å². The van der Waals surface area contributed by atoms with Crippen LogP contribution in [0, 0.1) is 5.92 Å². The van der Waals surface area contributed by atoms with E-state index < -0.39 is 5.97 Å². The van der Waals surface area contributed by atoms with Crippen molar-refractivity contribution in [2.75, 3.05) is 0 Å². The maximum Gasteiger partial charge on any atom is 0.303 e. The molecule has 0 heterocycles. The van der Waals surface area contributed by atoms with E-state index >= 15 is 0 Å². The van der Waals surface area contributed by atoms with Crippen LogP contribution in [0.2, 0.25) is 0 Å². The molecule has 11 heavy (non-hydrogen) atoms. The van der Waals surface area contributed by atoms with Gasteiger partial charge in [0.05, 0.1) is 0 Å². The van der Waals surface area contributed by atoms with Crippen LogP contribution in [0.3, 0.4) is 0 Å². The summed E-state index contributed by atoms with van der Waals surface area (Å²) >= 11 is 0. The number of unbranched alkanes of at least 4 members (excludes halogenated alkanes) is 1. The summed E-state index contributed by atoms with van der Waals surface area (Å²) in [4.78, 5) is 10.0. The van der Waals surface area contributed by atoms with Gasteiger partial charge in [-0.25, -0.2) is 0 Å². The van der Waals surface area contributed by atoms with E-state index in [4.69, 9.17) is 5.11 Å². The molecule has 0 fully saturated rings. The molecule has 0 bridgehead atoms. The summed E-state index contributed by atoms with van der Waals surface area (Å²) in [5, 5.41) is 8.28. The van der Waals surface area contributed by atoms with Gasteiger partial charge in [-0.15, -0.1) is 0 Å². The molecule has 0 aromatic carbocycles. The molecule has 3 heteroatoms. The topological polar surface area (TPSA) is 37.3 Å². The molecule has 64 valence electrons. The minimum absolute atomic E-state index is 0. The predicted molar refractivity (Wildman–Crippen MR) is 46.7 cm³/mol. The van der Waals surface area contributed by atoms with E-state index in [-0.39, 0.29) is 11.0 Å². The zero-order chi connectivity index (χ0) is 7.98. The molecule has 0 aliphatic heterocycles. The molecule has 1 N–H and O–H groups in total. The van der Waals surface area contributed by atoms with Crippen LogP contribution in [0.5, 0.6) is 0 Å². The van der Waals surface area contributed by atoms with Gasteiger partial charge in [-0.2, -0.15) is 0 Å². The zero-order valence-electron chi connectivity index (χ0n) is 7.26. The first-order valence-corrected chi connectivity index (χ1v) is 3.84. The Kier molecular flexibility index (Phi) is 9.41. The van der Waals surface area contributed by atoms with E-state index in [1.54, 1.807) is 0 Å². The van der Waals surface area contributed by atoms with Gasteiger partial charge >= 0.3 is 5.97 Å². The van der Waals surface area contributed by atoms with Crippen LogP contribution in [0.4, 0.5) is 0 Å². The molecule has 0 aliphatic carbocycles. The minimum Gasteiger partial charge on any atom is -0.481 e. The van der Waals surface area contributed by atoms with Gasteiger partial charge in [-0.05, 0) is 12.3 Å². The summed E-state index contributed by atoms with van der Waals surface area (Å²) < 4.78 is 0. The minimum atomic E-state index is -0.677. The van der Waals surface area contributed by atoms with E-state index in [9.17, 15) is 4.79 Å². The molecule has 0 aromatic rings. The molecule has 0 rings (SSSR count). The molecule has 4 radical (unpaired) electrons. The number of rotatable bonds is 5. The smallest absolute Gasteiger partial charge is 0.303 e. The van der Waals surface area contributed by atoms with Crippen molar-refractivity contribution < 1.29 is 9.90 Å². The molecule has 0 aromatic heterocycles. The van der Waals surface area contributed by atoms with Crippen molar-refractivity contribution in [1.29, 1.82) is 0 Å². The zero-order valence-corrected chi connectivity index (χ0v) is 8.26. The maximum absolute atomic E-state index is 10.0. The highest BCUT2D eigenvalue weighted by atomic mass is 28.1. The van der Waals surface area contributed by atoms with Crippen molar-refractivity contribution in [3.8, 4) is 0 Å². The SMILES string of the molecule is CC(C)CCCCC(=O)O.[Si]. The Morgan fingerprint density at radius 1 is 1.36 bits per heavy atom. The van der Waals surface area contributed by atoms with Crippen LogP contribution in [-0.2, 0) is 4.79 Å². The van der Waals surface area contributed by atoms with E-state index in [0.717, 1.165) is 19.3 Å². The standard InChI is InChI=1S/C8H16O2.Si/c1-7(2)5-3-4-6-8(9)10;/h7H,3-6H2,1-2H3,(H,9,10);. The second-order valence-electron chi connectivity index (χ2n) is 3.03. The number of aliphatic carboxylic acids is 1. The molecular weight excluding hydrogens is 156 g/mol. The van der Waals surface area contributed by atoms with Crippen molar-refractivity contribution in [1.82, 2.24) is 0 Å². The van der Waals surface area contributed by atoms with Gasteiger partial charge in [0.1, 0.15) is 0 Å². The Morgan fingerprint density at radius 3 is 2.27 bits per heavy atom. The van der Waals surface area contributed by atoms with Crippen LogP contribution in [-0.4, -0.2) is 22.0 Å². The maximum atomic E-state index is 10.0. The van der Waals surface area contributed by atoms with Crippen molar-refractivity contribution in [3.05, 3.63) is 0 Å².